The third kappa shape index (κ3) is 4.18. The number of nitrogens with zero attached hydrogens (tertiary/aromatic N) is 1. The summed E-state index contributed by atoms with van der Waals surface area (Å²) >= 11 is 0. The highest BCUT2D eigenvalue weighted by Gasteiger charge is 2.22. The van der Waals surface area contributed by atoms with Gasteiger partial charge in [0.25, 0.3) is 0 Å². The highest BCUT2D eigenvalue weighted by Crippen LogP contribution is 2.15. The Morgan fingerprint density at radius 1 is 1.53 bits per heavy atom. The molecule has 1 aliphatic heterocycles. The van der Waals surface area contributed by atoms with Gasteiger partial charge in [-0.1, -0.05) is 6.92 Å². The van der Waals surface area contributed by atoms with Gasteiger partial charge in [0.05, 0.1) is 0 Å². The fourth-order valence-corrected chi connectivity index (χ4v) is 2.02. The van der Waals surface area contributed by atoms with Crippen molar-refractivity contribution in [3.8, 4) is 0 Å². The topological polar surface area (TPSA) is 41.6 Å². The molecule has 88 valence electrons. The van der Waals surface area contributed by atoms with Crippen LogP contribution in [0.4, 0.5) is 0 Å². The first-order valence-electron chi connectivity index (χ1n) is 5.86. The van der Waals surface area contributed by atoms with Crippen LogP contribution in [0, 0.1) is 0 Å². The second kappa shape index (κ2) is 6.80. The molecule has 1 rings (SSSR count). The molecular weight excluding hydrogens is 192 g/mol. The highest BCUT2D eigenvalue weighted by atomic mass is 16.5. The van der Waals surface area contributed by atoms with Gasteiger partial charge in [0, 0.05) is 19.2 Å². The van der Waals surface area contributed by atoms with Crippen molar-refractivity contribution in [2.75, 3.05) is 32.8 Å². The van der Waals surface area contributed by atoms with Gasteiger partial charge in [0.2, 0.25) is 5.91 Å². The van der Waals surface area contributed by atoms with E-state index in [4.69, 9.17) is 4.74 Å². The van der Waals surface area contributed by atoms with Gasteiger partial charge >= 0.3 is 0 Å². The molecule has 0 saturated carbocycles. The summed E-state index contributed by atoms with van der Waals surface area (Å²) in [6, 6.07) is 0.528. The minimum absolute atomic E-state index is 0.000182. The van der Waals surface area contributed by atoms with Gasteiger partial charge in [0.1, 0.15) is 6.61 Å². The molecular formula is C11H22N2O2. The molecule has 1 heterocycles. The number of hydrogen-bond donors (Lipinski definition) is 1. The quantitative estimate of drug-likeness (QED) is 0.705. The zero-order valence-corrected chi connectivity index (χ0v) is 9.79. The molecule has 1 unspecified atom stereocenters. The Kier molecular flexibility index (Phi) is 5.65. The van der Waals surface area contributed by atoms with E-state index < -0.39 is 0 Å². The number of amides is 1. The Morgan fingerprint density at radius 3 is 3.00 bits per heavy atom. The summed E-state index contributed by atoms with van der Waals surface area (Å²) in [6.07, 6.45) is 2.45. The molecule has 0 bridgehead atoms. The summed E-state index contributed by atoms with van der Waals surface area (Å²) in [4.78, 5) is 13.7. The molecule has 0 aromatic heterocycles. The largest absolute Gasteiger partial charge is 0.372 e. The number of ether oxygens (including phenoxy) is 1. The summed E-state index contributed by atoms with van der Waals surface area (Å²) in [5.41, 5.74) is 0. The Labute approximate surface area is 92.0 Å². The second-order valence-electron chi connectivity index (χ2n) is 3.87. The normalized spacial score (nSPS) is 21.9. The van der Waals surface area contributed by atoms with Crippen LogP contribution in [0.2, 0.25) is 0 Å². The number of likely N-dealkylation sites (tertiary alicyclic amines) is 1. The zero-order chi connectivity index (χ0) is 11.1. The standard InChI is InChI=1S/C11H22N2O2/c1-3-13-7-5-6-10(13)8-12-11(14)9-15-4-2/h10H,3-9H2,1-2H3,(H,12,14). The minimum atomic E-state index is -0.000182. The molecule has 1 saturated heterocycles. The fraction of sp³-hybridized carbons (Fsp3) is 0.909. The van der Waals surface area contributed by atoms with Gasteiger partial charge in [-0.05, 0) is 32.9 Å². The number of carbonyl (C=O) groups excluding carboxylic acids is 1. The van der Waals surface area contributed by atoms with Gasteiger partial charge in [-0.3, -0.25) is 9.69 Å². The molecule has 1 aliphatic rings. The van der Waals surface area contributed by atoms with Crippen LogP contribution < -0.4 is 5.32 Å². The molecule has 0 aliphatic carbocycles. The van der Waals surface area contributed by atoms with Crippen LogP contribution >= 0.6 is 0 Å². The molecule has 1 fully saturated rings. The zero-order valence-electron chi connectivity index (χ0n) is 9.79. The third-order valence-electron chi connectivity index (χ3n) is 2.88. The van der Waals surface area contributed by atoms with Gasteiger partial charge in [0.15, 0.2) is 0 Å². The SMILES string of the molecule is CCOCC(=O)NCC1CCCN1CC. The summed E-state index contributed by atoms with van der Waals surface area (Å²) in [5, 5.41) is 2.92. The first kappa shape index (κ1) is 12.5. The Morgan fingerprint density at radius 2 is 2.33 bits per heavy atom. The third-order valence-corrected chi connectivity index (χ3v) is 2.88. The van der Waals surface area contributed by atoms with E-state index in [1.807, 2.05) is 6.92 Å². The van der Waals surface area contributed by atoms with Gasteiger partial charge in [-0.15, -0.1) is 0 Å². The van der Waals surface area contributed by atoms with Crippen molar-refractivity contribution in [3.63, 3.8) is 0 Å². The van der Waals surface area contributed by atoms with Crippen LogP contribution in [-0.4, -0.2) is 49.7 Å². The number of likely N-dealkylation sites (N-methyl/N-ethyl adjacent to an activating group) is 1. The molecule has 4 heteroatoms. The van der Waals surface area contributed by atoms with E-state index >= 15 is 0 Å². The first-order chi connectivity index (χ1) is 7.27. The van der Waals surface area contributed by atoms with Crippen molar-refractivity contribution < 1.29 is 9.53 Å². The van der Waals surface area contributed by atoms with Gasteiger partial charge in [-0.25, -0.2) is 0 Å². The average Bonchev–Trinajstić information content (AvgIpc) is 2.70. The average molecular weight is 214 g/mol. The number of rotatable bonds is 6. The van der Waals surface area contributed by atoms with Crippen LogP contribution in [-0.2, 0) is 9.53 Å². The second-order valence-corrected chi connectivity index (χ2v) is 3.87. The summed E-state index contributed by atoms with van der Waals surface area (Å²) in [6.45, 7) is 7.85. The van der Waals surface area contributed by atoms with Crippen molar-refractivity contribution in [1.82, 2.24) is 10.2 Å². The lowest BCUT2D eigenvalue weighted by Crippen LogP contribution is -2.41. The molecule has 0 spiro atoms. The van der Waals surface area contributed by atoms with Gasteiger partial charge < -0.3 is 10.1 Å². The molecule has 15 heavy (non-hydrogen) atoms. The maximum absolute atomic E-state index is 11.3. The molecule has 1 amide bonds. The van der Waals surface area contributed by atoms with E-state index in [0.29, 0.717) is 12.6 Å². The number of hydrogen-bond acceptors (Lipinski definition) is 3. The van der Waals surface area contributed by atoms with E-state index in [9.17, 15) is 4.79 Å². The lowest BCUT2D eigenvalue weighted by Gasteiger charge is -2.22. The predicted molar refractivity (Wildman–Crippen MR) is 59.8 cm³/mol. The predicted octanol–water partition coefficient (Wildman–Crippen LogP) is 0.623. The molecule has 0 aromatic carbocycles. The van der Waals surface area contributed by atoms with Crippen LogP contribution in [0.1, 0.15) is 26.7 Å². The Hall–Kier alpha value is -0.610. The van der Waals surface area contributed by atoms with Crippen LogP contribution in [0.5, 0.6) is 0 Å². The summed E-state index contributed by atoms with van der Waals surface area (Å²) in [5.74, 6) is -0.000182. The summed E-state index contributed by atoms with van der Waals surface area (Å²) in [7, 11) is 0. The van der Waals surface area contributed by atoms with Crippen molar-refractivity contribution in [3.05, 3.63) is 0 Å². The lowest BCUT2D eigenvalue weighted by molar-refractivity contribution is -0.125. The van der Waals surface area contributed by atoms with Crippen LogP contribution in [0.3, 0.4) is 0 Å². The van der Waals surface area contributed by atoms with Crippen LogP contribution in [0.15, 0.2) is 0 Å². The van der Waals surface area contributed by atoms with E-state index in [0.717, 1.165) is 13.1 Å². The van der Waals surface area contributed by atoms with E-state index in [1.165, 1.54) is 19.4 Å². The fourth-order valence-electron chi connectivity index (χ4n) is 2.02. The first-order valence-corrected chi connectivity index (χ1v) is 5.86. The van der Waals surface area contributed by atoms with E-state index in [2.05, 4.69) is 17.1 Å². The van der Waals surface area contributed by atoms with Gasteiger partial charge in [-0.2, -0.15) is 0 Å². The van der Waals surface area contributed by atoms with Crippen molar-refractivity contribution in [2.45, 2.75) is 32.7 Å². The maximum atomic E-state index is 11.3. The summed E-state index contributed by atoms with van der Waals surface area (Å²) < 4.78 is 5.04. The molecule has 0 aromatic rings. The monoisotopic (exact) mass is 214 g/mol. The number of nitrogens with one attached hydrogen (secondary N) is 1. The molecule has 4 nitrogen and oxygen atoms in total. The maximum Gasteiger partial charge on any atom is 0.246 e. The molecule has 1 N–H and O–H groups in total. The smallest absolute Gasteiger partial charge is 0.246 e. The number of carbonyl (C=O) groups is 1. The highest BCUT2D eigenvalue weighted by molar-refractivity contribution is 5.77. The van der Waals surface area contributed by atoms with Crippen molar-refractivity contribution >= 4 is 5.91 Å². The van der Waals surface area contributed by atoms with E-state index in [-0.39, 0.29) is 12.5 Å². The Balaban J connectivity index is 2.15. The molecule has 0 radical (unpaired) electrons. The van der Waals surface area contributed by atoms with Crippen molar-refractivity contribution in [1.29, 1.82) is 0 Å². The van der Waals surface area contributed by atoms with Crippen LogP contribution in [0.25, 0.3) is 0 Å². The lowest BCUT2D eigenvalue weighted by atomic mass is 10.2. The van der Waals surface area contributed by atoms with Crippen molar-refractivity contribution in [2.24, 2.45) is 0 Å². The minimum Gasteiger partial charge on any atom is -0.372 e. The molecule has 1 atom stereocenters. The van der Waals surface area contributed by atoms with E-state index in [1.54, 1.807) is 0 Å². The Bertz CT molecular complexity index is 197.